The summed E-state index contributed by atoms with van der Waals surface area (Å²) in [4.78, 5) is 0. The van der Waals surface area contributed by atoms with E-state index >= 15 is 0 Å². The Morgan fingerprint density at radius 2 is 1.77 bits per heavy atom. The molecule has 0 aromatic rings. The van der Waals surface area contributed by atoms with Gasteiger partial charge in [0.25, 0.3) is 0 Å². The highest BCUT2D eigenvalue weighted by atomic mass is 16.3. The van der Waals surface area contributed by atoms with Gasteiger partial charge in [-0.05, 0) is 97.7 Å². The average Bonchev–Trinajstić information content (AvgIpc) is 3.06. The summed E-state index contributed by atoms with van der Waals surface area (Å²) in [6, 6.07) is 0. The Morgan fingerprint density at radius 3 is 2.47 bits per heavy atom. The van der Waals surface area contributed by atoms with E-state index in [1.165, 1.54) is 44.1 Å². The molecule has 3 fully saturated rings. The summed E-state index contributed by atoms with van der Waals surface area (Å²) in [5, 5.41) is 10.2. The fourth-order valence-corrected chi connectivity index (χ4v) is 8.17. The van der Waals surface area contributed by atoms with E-state index in [9.17, 15) is 5.11 Å². The highest BCUT2D eigenvalue weighted by Gasteiger charge is 2.56. The Hall–Kier alpha value is -0.820. The first-order valence-electron chi connectivity index (χ1n) is 13.0. The van der Waals surface area contributed by atoms with Crippen LogP contribution in [-0.2, 0) is 0 Å². The average molecular weight is 411 g/mol. The minimum atomic E-state index is -0.116. The van der Waals surface area contributed by atoms with E-state index in [1.807, 2.05) is 0 Å². The smallest absolute Gasteiger partial charge is 0.0578 e. The van der Waals surface area contributed by atoms with Gasteiger partial charge in [0.2, 0.25) is 0 Å². The van der Waals surface area contributed by atoms with Crippen molar-refractivity contribution in [2.24, 2.45) is 46.3 Å². The highest BCUT2D eigenvalue weighted by Crippen LogP contribution is 2.66. The molecule has 4 aliphatic rings. The Kier molecular flexibility index (Phi) is 6.17. The summed E-state index contributed by atoms with van der Waals surface area (Å²) >= 11 is 0. The Morgan fingerprint density at radius 1 is 1.00 bits per heavy atom. The molecular weight excluding hydrogens is 364 g/mol. The molecule has 4 aliphatic carbocycles. The topological polar surface area (TPSA) is 20.2 Å². The summed E-state index contributed by atoms with van der Waals surface area (Å²) in [6.07, 6.45) is 19.7. The maximum absolute atomic E-state index is 10.2. The van der Waals surface area contributed by atoms with E-state index in [2.05, 4.69) is 65.8 Å². The van der Waals surface area contributed by atoms with Crippen molar-refractivity contribution < 1.29 is 5.11 Å². The SMILES string of the molecule is CC[C@H](/C=C/[C@H](C)[C@@H]1CC[C@@H]2C3=CC=C4C[C@H](O)CC[C@]4(C)[C@H]3CC[C@@]21C)C(C)C. The second-order valence-corrected chi connectivity index (χ2v) is 12.1. The Balaban J connectivity index is 1.56. The molecule has 8 atom stereocenters. The van der Waals surface area contributed by atoms with E-state index in [0.717, 1.165) is 42.4 Å². The van der Waals surface area contributed by atoms with Crippen LogP contribution in [-0.4, -0.2) is 11.2 Å². The second-order valence-electron chi connectivity index (χ2n) is 12.1. The summed E-state index contributed by atoms with van der Waals surface area (Å²) in [7, 11) is 0. The van der Waals surface area contributed by atoms with E-state index in [4.69, 9.17) is 0 Å². The third kappa shape index (κ3) is 3.58. The highest BCUT2D eigenvalue weighted by molar-refractivity contribution is 5.39. The van der Waals surface area contributed by atoms with E-state index in [0.29, 0.717) is 16.7 Å². The third-order valence-corrected chi connectivity index (χ3v) is 10.2. The van der Waals surface area contributed by atoms with Gasteiger partial charge >= 0.3 is 0 Å². The number of fused-ring (bicyclic) bond motifs is 5. The van der Waals surface area contributed by atoms with Gasteiger partial charge in [0.15, 0.2) is 0 Å². The maximum atomic E-state index is 10.2. The lowest BCUT2D eigenvalue weighted by Gasteiger charge is -2.55. The van der Waals surface area contributed by atoms with Gasteiger partial charge in [-0.3, -0.25) is 0 Å². The van der Waals surface area contributed by atoms with Crippen LogP contribution in [0.15, 0.2) is 35.5 Å². The van der Waals surface area contributed by atoms with Crippen LogP contribution in [0.5, 0.6) is 0 Å². The lowest BCUT2D eigenvalue weighted by molar-refractivity contribution is 0.0382. The van der Waals surface area contributed by atoms with E-state index in [1.54, 1.807) is 5.57 Å². The van der Waals surface area contributed by atoms with Crippen LogP contribution in [0.2, 0.25) is 0 Å². The van der Waals surface area contributed by atoms with Gasteiger partial charge in [0.05, 0.1) is 6.10 Å². The normalized spacial score (nSPS) is 42.9. The lowest BCUT2D eigenvalue weighted by Crippen LogP contribution is -2.46. The third-order valence-electron chi connectivity index (χ3n) is 10.2. The van der Waals surface area contributed by atoms with Crippen molar-refractivity contribution in [2.45, 2.75) is 99.0 Å². The molecule has 0 bridgehead atoms. The quantitative estimate of drug-likeness (QED) is 0.460. The molecule has 0 unspecified atom stereocenters. The molecule has 0 radical (unpaired) electrons. The molecule has 0 saturated heterocycles. The monoisotopic (exact) mass is 410 g/mol. The van der Waals surface area contributed by atoms with Crippen molar-refractivity contribution in [2.75, 3.05) is 0 Å². The van der Waals surface area contributed by atoms with Crippen LogP contribution in [0.25, 0.3) is 0 Å². The van der Waals surface area contributed by atoms with E-state index < -0.39 is 0 Å². The van der Waals surface area contributed by atoms with Gasteiger partial charge in [0, 0.05) is 0 Å². The predicted molar refractivity (Wildman–Crippen MR) is 128 cm³/mol. The number of rotatable bonds is 5. The number of hydrogen-bond acceptors (Lipinski definition) is 1. The van der Waals surface area contributed by atoms with Gasteiger partial charge < -0.3 is 5.11 Å². The van der Waals surface area contributed by atoms with Gasteiger partial charge in [-0.25, -0.2) is 0 Å². The molecule has 168 valence electrons. The van der Waals surface area contributed by atoms with Crippen LogP contribution < -0.4 is 0 Å². The van der Waals surface area contributed by atoms with Gasteiger partial charge in [-0.1, -0.05) is 77.0 Å². The molecule has 4 rings (SSSR count). The molecule has 3 saturated carbocycles. The zero-order valence-corrected chi connectivity index (χ0v) is 20.5. The van der Waals surface area contributed by atoms with Crippen LogP contribution in [0, 0.1) is 46.3 Å². The number of aliphatic hydroxyl groups excluding tert-OH is 1. The van der Waals surface area contributed by atoms with Crippen molar-refractivity contribution in [1.29, 1.82) is 0 Å². The van der Waals surface area contributed by atoms with Gasteiger partial charge in [0.1, 0.15) is 0 Å². The number of allylic oxidation sites excluding steroid dienone is 5. The molecule has 0 heterocycles. The molecule has 0 spiro atoms. The van der Waals surface area contributed by atoms with Crippen LogP contribution in [0.4, 0.5) is 0 Å². The Labute approximate surface area is 186 Å². The van der Waals surface area contributed by atoms with Crippen molar-refractivity contribution in [3.63, 3.8) is 0 Å². The van der Waals surface area contributed by atoms with Crippen LogP contribution >= 0.6 is 0 Å². The van der Waals surface area contributed by atoms with Crippen LogP contribution in [0.3, 0.4) is 0 Å². The molecule has 0 aromatic carbocycles. The molecule has 0 amide bonds. The number of aliphatic hydroxyl groups is 1. The molecule has 1 N–H and O–H groups in total. The summed E-state index contributed by atoms with van der Waals surface area (Å²) in [5.41, 5.74) is 4.07. The maximum Gasteiger partial charge on any atom is 0.0578 e. The molecule has 1 nitrogen and oxygen atoms in total. The molecule has 0 aromatic heterocycles. The zero-order valence-electron chi connectivity index (χ0n) is 20.5. The summed E-state index contributed by atoms with van der Waals surface area (Å²) in [5.74, 6) is 4.45. The Bertz CT molecular complexity index is 727. The van der Waals surface area contributed by atoms with Crippen molar-refractivity contribution >= 4 is 0 Å². The summed E-state index contributed by atoms with van der Waals surface area (Å²) < 4.78 is 0. The fraction of sp³-hybridized carbons (Fsp3) is 0.793. The first-order valence-corrected chi connectivity index (χ1v) is 13.0. The fourth-order valence-electron chi connectivity index (χ4n) is 8.17. The molecule has 1 heteroatoms. The standard InChI is InChI=1S/C29H46O/c1-7-21(19(2)3)9-8-20(4)25-12-13-26-24-11-10-22-18-23(30)14-16-28(22,5)27(24)15-17-29(25,26)6/h8-11,19-21,23,25-27,30H,7,12-18H2,1-6H3/b9-8+/t20-,21+,23+,25-,26+,27-,28-,29+/m0/s1. The number of hydrogen-bond donors (Lipinski definition) is 1. The van der Waals surface area contributed by atoms with Gasteiger partial charge in [-0.2, -0.15) is 0 Å². The zero-order chi connectivity index (χ0) is 21.7. The van der Waals surface area contributed by atoms with Gasteiger partial charge in [-0.15, -0.1) is 0 Å². The van der Waals surface area contributed by atoms with Crippen LogP contribution in [0.1, 0.15) is 92.9 Å². The van der Waals surface area contributed by atoms with Crippen molar-refractivity contribution in [3.05, 3.63) is 35.5 Å². The molecular formula is C29H46O. The van der Waals surface area contributed by atoms with E-state index in [-0.39, 0.29) is 6.10 Å². The van der Waals surface area contributed by atoms with Crippen molar-refractivity contribution in [3.8, 4) is 0 Å². The minimum Gasteiger partial charge on any atom is -0.393 e. The predicted octanol–water partition coefficient (Wildman–Crippen LogP) is 7.72. The van der Waals surface area contributed by atoms with Crippen molar-refractivity contribution in [1.82, 2.24) is 0 Å². The minimum absolute atomic E-state index is 0.116. The largest absolute Gasteiger partial charge is 0.393 e. The second kappa shape index (κ2) is 8.27. The molecule has 0 aliphatic heterocycles. The summed E-state index contributed by atoms with van der Waals surface area (Å²) in [6.45, 7) is 14.7. The first kappa shape index (κ1) is 22.4. The first-order chi connectivity index (χ1) is 14.2. The molecule has 30 heavy (non-hydrogen) atoms. The lowest BCUT2D eigenvalue weighted by atomic mass is 9.50.